The maximum atomic E-state index is 15.1. The second-order valence-corrected chi connectivity index (χ2v) is 12.2. The largest absolute Gasteiger partial charge is 0.507 e. The van der Waals surface area contributed by atoms with Crippen molar-refractivity contribution in [3.63, 3.8) is 0 Å². The second-order valence-electron chi connectivity index (χ2n) is 10.9. The fraction of sp³-hybridized carbons (Fsp3) is 0.357. The van der Waals surface area contributed by atoms with Gasteiger partial charge in [-0.1, -0.05) is 11.6 Å². The molecule has 0 aromatic heterocycles. The first kappa shape index (κ1) is 31.0. The number of halogens is 7. The maximum absolute atomic E-state index is 15.1. The van der Waals surface area contributed by atoms with Gasteiger partial charge < -0.3 is 14.6 Å². The number of rotatable bonds is 4. The quantitative estimate of drug-likeness (QED) is 0.0943. The van der Waals surface area contributed by atoms with Crippen LogP contribution in [0.2, 0.25) is 0 Å². The lowest BCUT2D eigenvalue weighted by atomic mass is 9.56. The number of ether oxygens (including phenoxy) is 2. The summed E-state index contributed by atoms with van der Waals surface area (Å²) in [5.74, 6) is -24.4. The number of hydrogen-bond donors (Lipinski definition) is 2. The summed E-state index contributed by atoms with van der Waals surface area (Å²) >= 11 is 14.0. The molecule has 2 aliphatic carbocycles. The van der Waals surface area contributed by atoms with Gasteiger partial charge in [0.15, 0.2) is 33.0 Å². The molecule has 4 amide bonds. The van der Waals surface area contributed by atoms with Gasteiger partial charge in [-0.3, -0.25) is 24.4 Å². The number of nitrogens with zero attached hydrogens (tertiary/aromatic N) is 2. The van der Waals surface area contributed by atoms with Crippen molar-refractivity contribution in [2.75, 3.05) is 19.1 Å². The van der Waals surface area contributed by atoms with Crippen molar-refractivity contribution in [1.82, 2.24) is 5.06 Å². The highest BCUT2D eigenvalue weighted by Gasteiger charge is 2.77. The average molecular weight is 677 g/mol. The summed E-state index contributed by atoms with van der Waals surface area (Å²) in [6.07, 6.45) is 0.424. The number of amides is 4. The fourth-order valence-corrected chi connectivity index (χ4v) is 7.95. The SMILES string of the molecule is COc1cc(O)c([C@H]2C3=CC[C@@H]4C(=O)N(O)C(=O)[C@@H]4[C@@H]3C[C@@]3(Cl)C(=O)N(c4c(F)c(F)c(F)c(F)c4F)C(=O)[C@@]23Cl)c(OC)c1. The minimum atomic E-state index is -2.87. The lowest BCUT2D eigenvalue weighted by Crippen LogP contribution is -2.60. The first-order chi connectivity index (χ1) is 21.1. The highest BCUT2D eigenvalue weighted by Crippen LogP contribution is 2.67. The van der Waals surface area contributed by atoms with Crippen LogP contribution in [0, 0.1) is 46.8 Å². The number of benzene rings is 2. The van der Waals surface area contributed by atoms with Crippen molar-refractivity contribution in [1.29, 1.82) is 0 Å². The number of hydroxylamine groups is 2. The van der Waals surface area contributed by atoms with E-state index >= 15 is 8.78 Å². The molecule has 2 aliphatic heterocycles. The molecule has 45 heavy (non-hydrogen) atoms. The molecule has 4 aliphatic rings. The molecule has 0 radical (unpaired) electrons. The molecule has 0 unspecified atom stereocenters. The van der Waals surface area contributed by atoms with E-state index in [4.69, 9.17) is 32.7 Å². The number of imide groups is 2. The third-order valence-corrected chi connectivity index (χ3v) is 10.4. The summed E-state index contributed by atoms with van der Waals surface area (Å²) in [4.78, 5) is 48.1. The van der Waals surface area contributed by atoms with E-state index < -0.39 is 104 Å². The Balaban J connectivity index is 1.66. The Hall–Kier alpha value is -3.95. The molecule has 10 nitrogen and oxygen atoms in total. The number of carbonyl (C=O) groups excluding carboxylic acids is 4. The standard InChI is InChI=1S/C28H19Cl2F5N2O8/c1-44-8-5-12(38)15(13(6-8)45-2)16-9-3-4-10-14(24(40)37(43)23(10)39)11(9)7-27(29)25(41)36(26(42)28(16,27)30)22-20(34)18(32)17(31)19(33)21(22)35/h3,5-6,10-11,14,16,38,43H,4,7H2,1-2H3/t10-,11+,14-,16+,27+,28-/m0/s1. The van der Waals surface area contributed by atoms with Crippen molar-refractivity contribution in [2.24, 2.45) is 17.8 Å². The molecule has 2 saturated heterocycles. The van der Waals surface area contributed by atoms with Gasteiger partial charge in [-0.25, -0.2) is 26.9 Å². The summed E-state index contributed by atoms with van der Waals surface area (Å²) in [5.41, 5.74) is -2.20. The third-order valence-electron chi connectivity index (χ3n) is 9.04. The number of carbonyl (C=O) groups is 4. The van der Waals surface area contributed by atoms with Gasteiger partial charge in [0.05, 0.1) is 26.1 Å². The van der Waals surface area contributed by atoms with Crippen LogP contribution < -0.4 is 14.4 Å². The van der Waals surface area contributed by atoms with Crippen molar-refractivity contribution < 1.29 is 60.9 Å². The van der Waals surface area contributed by atoms with E-state index in [9.17, 15) is 42.7 Å². The third kappa shape index (κ3) is 3.71. The molecule has 2 aromatic rings. The number of hydrogen-bond acceptors (Lipinski definition) is 8. The highest BCUT2D eigenvalue weighted by molar-refractivity contribution is 6.58. The smallest absolute Gasteiger partial charge is 0.258 e. The second kappa shape index (κ2) is 10.0. The van der Waals surface area contributed by atoms with Crippen molar-refractivity contribution in [3.8, 4) is 17.2 Å². The maximum Gasteiger partial charge on any atom is 0.258 e. The van der Waals surface area contributed by atoms with Gasteiger partial charge in [-0.05, 0) is 18.8 Å². The zero-order chi connectivity index (χ0) is 33.1. The number of alkyl halides is 2. The summed E-state index contributed by atoms with van der Waals surface area (Å²) < 4.78 is 83.2. The Kier molecular flexibility index (Phi) is 6.92. The summed E-state index contributed by atoms with van der Waals surface area (Å²) in [7, 11) is 2.41. The van der Waals surface area contributed by atoms with Gasteiger partial charge >= 0.3 is 0 Å². The monoisotopic (exact) mass is 676 g/mol. The minimum absolute atomic E-state index is 0.0447. The predicted octanol–water partition coefficient (Wildman–Crippen LogP) is 4.06. The molecule has 1 saturated carbocycles. The topological polar surface area (TPSA) is 134 Å². The summed E-state index contributed by atoms with van der Waals surface area (Å²) in [6.45, 7) is 0. The Bertz CT molecular complexity index is 1760. The number of methoxy groups -OCH3 is 2. The zero-order valence-corrected chi connectivity index (χ0v) is 24.4. The normalized spacial score (nSPS) is 30.8. The van der Waals surface area contributed by atoms with E-state index in [-0.39, 0.29) is 39.0 Å². The molecule has 2 N–H and O–H groups in total. The Morgan fingerprint density at radius 3 is 2.04 bits per heavy atom. The van der Waals surface area contributed by atoms with E-state index in [2.05, 4.69) is 0 Å². The Labute approximate surface area is 259 Å². The molecule has 0 spiro atoms. The summed E-state index contributed by atoms with van der Waals surface area (Å²) in [5, 5.41) is 21.3. The molecule has 0 bridgehead atoms. The Morgan fingerprint density at radius 2 is 1.47 bits per heavy atom. The van der Waals surface area contributed by atoms with Crippen LogP contribution in [-0.2, 0) is 19.2 Å². The lowest BCUT2D eigenvalue weighted by molar-refractivity contribution is -0.173. The van der Waals surface area contributed by atoms with Gasteiger partial charge in [0.2, 0.25) is 5.82 Å². The van der Waals surface area contributed by atoms with E-state index in [1.807, 2.05) is 0 Å². The number of anilines is 1. The van der Waals surface area contributed by atoms with E-state index in [0.717, 1.165) is 13.2 Å². The van der Waals surface area contributed by atoms with Crippen molar-refractivity contribution in [2.45, 2.75) is 28.5 Å². The fourth-order valence-electron chi connectivity index (χ4n) is 7.03. The van der Waals surface area contributed by atoms with Crippen LogP contribution in [0.5, 0.6) is 17.2 Å². The van der Waals surface area contributed by atoms with Gasteiger partial charge in [0.25, 0.3) is 23.6 Å². The molecule has 2 aromatic carbocycles. The first-order valence-corrected chi connectivity index (χ1v) is 13.8. The van der Waals surface area contributed by atoms with Crippen LogP contribution >= 0.6 is 23.2 Å². The molecule has 6 atom stereocenters. The van der Waals surface area contributed by atoms with Gasteiger partial charge in [-0.2, -0.15) is 5.06 Å². The number of phenolic OH excluding ortho intramolecular Hbond substituents is 1. The highest BCUT2D eigenvalue weighted by atomic mass is 35.5. The van der Waals surface area contributed by atoms with Crippen LogP contribution in [-0.4, -0.2) is 63.0 Å². The molecule has 6 rings (SSSR count). The van der Waals surface area contributed by atoms with Gasteiger partial charge in [-0.15, -0.1) is 23.2 Å². The summed E-state index contributed by atoms with van der Waals surface area (Å²) in [6, 6.07) is 2.33. The van der Waals surface area contributed by atoms with Gasteiger partial charge in [0.1, 0.15) is 22.9 Å². The molecule has 238 valence electrons. The number of aromatic hydroxyl groups is 1. The minimum Gasteiger partial charge on any atom is -0.507 e. The van der Waals surface area contributed by atoms with Crippen LogP contribution in [0.15, 0.2) is 23.8 Å². The molecular formula is C28H19Cl2F5N2O8. The number of phenols is 1. The molecule has 17 heteroatoms. The lowest BCUT2D eigenvalue weighted by Gasteiger charge is -2.50. The van der Waals surface area contributed by atoms with Crippen molar-refractivity contribution >= 4 is 52.5 Å². The van der Waals surface area contributed by atoms with E-state index in [1.165, 1.54) is 19.3 Å². The van der Waals surface area contributed by atoms with Crippen LogP contribution in [0.3, 0.4) is 0 Å². The average Bonchev–Trinajstić information content (AvgIpc) is 3.32. The molecular weight excluding hydrogens is 658 g/mol. The first-order valence-electron chi connectivity index (χ1n) is 13.1. The van der Waals surface area contributed by atoms with Crippen LogP contribution in [0.25, 0.3) is 0 Å². The number of fused-ring (bicyclic) bond motifs is 4. The number of allylic oxidation sites excluding steroid dienone is 2. The van der Waals surface area contributed by atoms with E-state index in [0.29, 0.717) is 0 Å². The van der Waals surface area contributed by atoms with Crippen LogP contribution in [0.4, 0.5) is 27.6 Å². The van der Waals surface area contributed by atoms with E-state index in [1.54, 1.807) is 0 Å². The zero-order valence-electron chi connectivity index (χ0n) is 22.8. The van der Waals surface area contributed by atoms with Crippen LogP contribution in [0.1, 0.15) is 24.3 Å². The van der Waals surface area contributed by atoms with Crippen molar-refractivity contribution in [3.05, 3.63) is 58.4 Å². The molecule has 3 fully saturated rings. The molecule has 2 heterocycles. The van der Waals surface area contributed by atoms with Gasteiger partial charge in [0, 0.05) is 23.6 Å². The predicted molar refractivity (Wildman–Crippen MR) is 141 cm³/mol. The Morgan fingerprint density at radius 1 is 0.867 bits per heavy atom.